The Balaban J connectivity index is 3.08. The minimum Gasteiger partial charge on any atom is -0.324 e. The molecule has 3 nitrogen and oxygen atoms in total. The summed E-state index contributed by atoms with van der Waals surface area (Å²) >= 11 is 2.82. The van der Waals surface area contributed by atoms with Crippen molar-refractivity contribution in [2.24, 2.45) is 0 Å². The second-order valence-electron chi connectivity index (χ2n) is 5.33. The largest absolute Gasteiger partial charge is 0.324 e. The van der Waals surface area contributed by atoms with Gasteiger partial charge < -0.3 is 5.32 Å². The summed E-state index contributed by atoms with van der Waals surface area (Å²) in [5, 5.41) is 3.24. The van der Waals surface area contributed by atoms with Gasteiger partial charge in [-0.05, 0) is 19.1 Å². The summed E-state index contributed by atoms with van der Waals surface area (Å²) in [7, 11) is 0. The van der Waals surface area contributed by atoms with E-state index in [4.69, 9.17) is 0 Å². The zero-order chi connectivity index (χ0) is 16.0. The van der Waals surface area contributed by atoms with Crippen LogP contribution in [0.15, 0.2) is 30.3 Å². The Morgan fingerprint density at radius 2 is 1.48 bits per heavy atom. The van der Waals surface area contributed by atoms with Gasteiger partial charge in [-0.25, -0.2) is 0 Å². The molecule has 0 bridgehead atoms. The summed E-state index contributed by atoms with van der Waals surface area (Å²) in [6.07, 6.45) is 0. The van der Waals surface area contributed by atoms with Crippen molar-refractivity contribution >= 4 is 40.9 Å². The molecule has 0 aliphatic carbocycles. The minimum atomic E-state index is -1.10. The van der Waals surface area contributed by atoms with Crippen LogP contribution in [0.4, 0.5) is 5.69 Å². The number of thioether (sulfide) groups is 2. The normalized spacial score (nSPS) is 11.8. The number of rotatable bonds is 7. The first kappa shape index (κ1) is 18.1. The molecule has 0 unspecified atom stereocenters. The van der Waals surface area contributed by atoms with E-state index in [1.165, 1.54) is 30.4 Å². The highest BCUT2D eigenvalue weighted by Crippen LogP contribution is 2.43. The lowest BCUT2D eigenvalue weighted by molar-refractivity contribution is -0.124. The summed E-state index contributed by atoms with van der Waals surface area (Å²) in [6, 6.07) is 9.25. The first-order valence-electron chi connectivity index (χ1n) is 7.01. The number of anilines is 1. The highest BCUT2D eigenvalue weighted by atomic mass is 32.2. The van der Waals surface area contributed by atoms with E-state index in [0.717, 1.165) is 0 Å². The Bertz CT molecular complexity index is 476. The average Bonchev–Trinajstić information content (AvgIpc) is 2.37. The highest BCUT2D eigenvalue weighted by Gasteiger charge is 2.46. The zero-order valence-electron chi connectivity index (χ0n) is 13.2. The Hall–Kier alpha value is -0.940. The molecule has 0 heterocycles. The van der Waals surface area contributed by atoms with Gasteiger partial charge in [-0.2, -0.15) is 0 Å². The summed E-state index contributed by atoms with van der Waals surface area (Å²) in [4.78, 5) is 25.0. The topological polar surface area (TPSA) is 46.2 Å². The van der Waals surface area contributed by atoms with E-state index in [2.05, 4.69) is 5.32 Å². The monoisotopic (exact) mass is 325 g/mol. The Kier molecular flexibility index (Phi) is 6.81. The van der Waals surface area contributed by atoms with Gasteiger partial charge in [0.1, 0.15) is 0 Å². The Labute approximate surface area is 135 Å². The third kappa shape index (κ3) is 5.08. The van der Waals surface area contributed by atoms with Crippen LogP contribution in [-0.2, 0) is 9.59 Å². The number of hydrogen-bond donors (Lipinski definition) is 1. The maximum Gasteiger partial charge on any atom is 0.258 e. The fourth-order valence-electron chi connectivity index (χ4n) is 1.86. The molecule has 0 atom stereocenters. The minimum absolute atomic E-state index is 0.117. The van der Waals surface area contributed by atoms with Gasteiger partial charge in [0.25, 0.3) is 5.91 Å². The van der Waals surface area contributed by atoms with Crippen LogP contribution in [0.5, 0.6) is 0 Å². The van der Waals surface area contributed by atoms with Gasteiger partial charge in [-0.3, -0.25) is 9.59 Å². The molecule has 116 valence electrons. The smallest absolute Gasteiger partial charge is 0.258 e. The van der Waals surface area contributed by atoms with Crippen molar-refractivity contribution in [2.45, 2.75) is 49.2 Å². The third-order valence-electron chi connectivity index (χ3n) is 2.60. The van der Waals surface area contributed by atoms with Crippen LogP contribution in [-0.4, -0.2) is 26.3 Å². The molecular formula is C16H23NO2S2. The number of carbonyl (C=O) groups excluding carboxylic acids is 2. The van der Waals surface area contributed by atoms with Gasteiger partial charge in [0.15, 0.2) is 9.86 Å². The van der Waals surface area contributed by atoms with E-state index in [1.54, 1.807) is 0 Å². The molecule has 1 aromatic carbocycles. The first-order valence-corrected chi connectivity index (χ1v) is 8.77. The number of hydrogen-bond acceptors (Lipinski definition) is 4. The van der Waals surface area contributed by atoms with E-state index in [9.17, 15) is 9.59 Å². The van der Waals surface area contributed by atoms with Crippen LogP contribution < -0.4 is 5.32 Å². The maximum atomic E-state index is 12.8. The number of ketones is 1. The van der Waals surface area contributed by atoms with Gasteiger partial charge in [-0.15, -0.1) is 23.5 Å². The molecule has 1 aromatic rings. The third-order valence-corrected chi connectivity index (χ3v) is 5.73. The second kappa shape index (κ2) is 7.90. The van der Waals surface area contributed by atoms with Gasteiger partial charge in [-0.1, -0.05) is 45.9 Å². The summed E-state index contributed by atoms with van der Waals surface area (Å²) in [6.45, 7) is 9.49. The predicted molar refractivity (Wildman–Crippen MR) is 93.9 cm³/mol. The summed E-state index contributed by atoms with van der Waals surface area (Å²) in [5.41, 5.74) is 0.710. The van der Waals surface area contributed by atoms with Crippen molar-refractivity contribution in [1.29, 1.82) is 0 Å². The number of amides is 1. The molecule has 0 fully saturated rings. The van der Waals surface area contributed by atoms with Gasteiger partial charge in [0.2, 0.25) is 0 Å². The lowest BCUT2D eigenvalue weighted by atomic mass is 10.2. The van der Waals surface area contributed by atoms with Gasteiger partial charge >= 0.3 is 0 Å². The molecule has 0 aliphatic rings. The number of benzene rings is 1. The fourth-order valence-corrected chi connectivity index (χ4v) is 5.21. The van der Waals surface area contributed by atoms with Crippen molar-refractivity contribution in [1.82, 2.24) is 0 Å². The summed E-state index contributed by atoms with van der Waals surface area (Å²) < 4.78 is -1.10. The van der Waals surface area contributed by atoms with Gasteiger partial charge in [0.05, 0.1) is 0 Å². The quantitative estimate of drug-likeness (QED) is 0.603. The lowest BCUT2D eigenvalue weighted by Crippen LogP contribution is -2.45. The number of carbonyl (C=O) groups is 2. The van der Waals surface area contributed by atoms with Crippen molar-refractivity contribution < 1.29 is 9.59 Å². The van der Waals surface area contributed by atoms with Crippen LogP contribution in [0.3, 0.4) is 0 Å². The fraction of sp³-hybridized carbons (Fsp3) is 0.500. The lowest BCUT2D eigenvalue weighted by Gasteiger charge is -2.31. The van der Waals surface area contributed by atoms with Crippen molar-refractivity contribution in [3.8, 4) is 0 Å². The van der Waals surface area contributed by atoms with Crippen LogP contribution in [0, 0.1) is 0 Å². The number of para-hydroxylation sites is 1. The molecule has 1 N–H and O–H groups in total. The molecule has 0 saturated heterocycles. The molecule has 1 rings (SSSR count). The first-order chi connectivity index (χ1) is 9.78. The number of nitrogens with one attached hydrogen (secondary N) is 1. The zero-order valence-corrected chi connectivity index (χ0v) is 14.8. The van der Waals surface area contributed by atoms with Crippen molar-refractivity contribution in [3.05, 3.63) is 30.3 Å². The Morgan fingerprint density at radius 1 is 1.00 bits per heavy atom. The van der Waals surface area contributed by atoms with Gasteiger partial charge in [0, 0.05) is 16.2 Å². The van der Waals surface area contributed by atoms with Crippen LogP contribution in [0.2, 0.25) is 0 Å². The van der Waals surface area contributed by atoms with Crippen LogP contribution >= 0.6 is 23.5 Å². The maximum absolute atomic E-state index is 12.8. The van der Waals surface area contributed by atoms with E-state index in [1.807, 2.05) is 58.0 Å². The molecule has 0 aliphatic heterocycles. The molecule has 0 saturated carbocycles. The Morgan fingerprint density at radius 3 is 1.86 bits per heavy atom. The molecule has 0 radical (unpaired) electrons. The highest BCUT2D eigenvalue weighted by molar-refractivity contribution is 8.21. The van der Waals surface area contributed by atoms with E-state index < -0.39 is 4.08 Å². The average molecular weight is 325 g/mol. The molecule has 1 amide bonds. The van der Waals surface area contributed by atoms with Crippen molar-refractivity contribution in [3.63, 3.8) is 0 Å². The molecular weight excluding hydrogens is 302 g/mol. The predicted octanol–water partition coefficient (Wildman–Crippen LogP) is 4.19. The van der Waals surface area contributed by atoms with Crippen LogP contribution in [0.1, 0.15) is 34.6 Å². The van der Waals surface area contributed by atoms with E-state index in [-0.39, 0.29) is 22.2 Å². The van der Waals surface area contributed by atoms with E-state index in [0.29, 0.717) is 5.69 Å². The number of Topliss-reactive ketones (excluding diaryl/α,β-unsaturated/α-hetero) is 1. The second-order valence-corrected chi connectivity index (χ2v) is 9.17. The molecule has 5 heteroatoms. The molecule has 21 heavy (non-hydrogen) atoms. The van der Waals surface area contributed by atoms with E-state index >= 15 is 0 Å². The standard InChI is InChI=1S/C16H23NO2S2/c1-11(2)20-16(13(5)18,21-12(3)4)15(19)17-14-9-7-6-8-10-14/h6-12H,1-5H3,(H,17,19). The van der Waals surface area contributed by atoms with Crippen molar-refractivity contribution in [2.75, 3.05) is 5.32 Å². The molecule has 0 aromatic heterocycles. The van der Waals surface area contributed by atoms with Crippen LogP contribution in [0.25, 0.3) is 0 Å². The SMILES string of the molecule is CC(=O)C(SC(C)C)(SC(C)C)C(=O)Nc1ccccc1. The molecule has 0 spiro atoms. The summed E-state index contributed by atoms with van der Waals surface area (Å²) in [5.74, 6) is -0.369.